The number of rotatable bonds is 4. The highest BCUT2D eigenvalue weighted by atomic mass is 16.2. The molecule has 1 fully saturated rings. The molecule has 0 spiro atoms. The van der Waals surface area contributed by atoms with Crippen LogP contribution in [0.25, 0.3) is 10.8 Å². The van der Waals surface area contributed by atoms with Crippen molar-refractivity contribution in [1.82, 2.24) is 4.90 Å². The zero-order valence-corrected chi connectivity index (χ0v) is 19.4. The first-order valence-corrected chi connectivity index (χ1v) is 12.1. The number of carbonyl (C=O) groups excluding carboxylic acids is 2. The molecule has 4 heteroatoms. The van der Waals surface area contributed by atoms with E-state index in [4.69, 9.17) is 0 Å². The van der Waals surface area contributed by atoms with Crippen LogP contribution in [0.4, 0.5) is 5.69 Å². The molecule has 6 rings (SSSR count). The molecule has 2 atom stereocenters. The number of likely N-dealkylation sites (tertiary alicyclic amines) is 1. The summed E-state index contributed by atoms with van der Waals surface area (Å²) < 4.78 is 0. The molecule has 0 bridgehead atoms. The molecule has 0 N–H and O–H groups in total. The Morgan fingerprint density at radius 3 is 2.48 bits per heavy atom. The van der Waals surface area contributed by atoms with E-state index in [1.807, 2.05) is 30.0 Å². The van der Waals surface area contributed by atoms with Gasteiger partial charge in [-0.2, -0.15) is 0 Å². The van der Waals surface area contributed by atoms with Crippen LogP contribution in [0.5, 0.6) is 0 Å². The fraction of sp³-hybridized carbons (Fsp3) is 0.379. The molecule has 2 heterocycles. The number of fused-ring (bicyclic) bond motifs is 1. The van der Waals surface area contributed by atoms with Crippen LogP contribution in [0.3, 0.4) is 0 Å². The molecular formula is C29H30N2O2. The SMILES string of the molecule is CC(=O)CC1(C)C(=O)N(C2CCN(C3Cc4cccc5cccc3c45)CC2)c2ccccc21. The first-order valence-electron chi connectivity index (χ1n) is 12.1. The van der Waals surface area contributed by atoms with Gasteiger partial charge in [0.25, 0.3) is 0 Å². The fourth-order valence-electron chi connectivity index (χ4n) is 6.67. The summed E-state index contributed by atoms with van der Waals surface area (Å²) in [6.07, 6.45) is 3.25. The minimum absolute atomic E-state index is 0.0623. The van der Waals surface area contributed by atoms with Crippen LogP contribution in [0.2, 0.25) is 0 Å². The van der Waals surface area contributed by atoms with Gasteiger partial charge in [-0.3, -0.25) is 14.5 Å². The Hall–Kier alpha value is -2.98. The van der Waals surface area contributed by atoms with E-state index in [1.165, 1.54) is 21.9 Å². The molecular weight excluding hydrogens is 408 g/mol. The molecule has 1 saturated heterocycles. The third kappa shape index (κ3) is 3.07. The number of amides is 1. The van der Waals surface area contributed by atoms with Gasteiger partial charge in [-0.05, 0) is 66.6 Å². The number of nitrogens with zero attached hydrogens (tertiary/aromatic N) is 2. The second-order valence-electron chi connectivity index (χ2n) is 10.3. The highest BCUT2D eigenvalue weighted by Crippen LogP contribution is 2.47. The van der Waals surface area contributed by atoms with Crippen molar-refractivity contribution in [3.63, 3.8) is 0 Å². The summed E-state index contributed by atoms with van der Waals surface area (Å²) in [7, 11) is 0. The fourth-order valence-corrected chi connectivity index (χ4v) is 6.67. The molecule has 2 unspecified atom stereocenters. The minimum atomic E-state index is -0.748. The molecule has 2 aliphatic heterocycles. The summed E-state index contributed by atoms with van der Waals surface area (Å²) in [5.41, 5.74) is 4.17. The standard InChI is InChI=1S/C29H30N2O2/c1-19(32)18-29(2)24-11-3-4-12-25(24)31(28(29)33)22-13-15-30(16-14-22)26-17-21-9-5-7-20-8-6-10-23(26)27(20)21/h3-12,22,26H,13-18H2,1-2H3. The molecule has 3 aliphatic rings. The van der Waals surface area contributed by atoms with Gasteiger partial charge < -0.3 is 4.90 Å². The van der Waals surface area contributed by atoms with Crippen molar-refractivity contribution in [2.45, 2.75) is 57.0 Å². The number of hydrogen-bond donors (Lipinski definition) is 0. The number of Topliss-reactive ketones (excluding diaryl/α,β-unsaturated/α-hetero) is 1. The second-order valence-corrected chi connectivity index (χ2v) is 10.3. The van der Waals surface area contributed by atoms with E-state index in [1.54, 1.807) is 6.92 Å². The lowest BCUT2D eigenvalue weighted by atomic mass is 9.79. The normalized spacial score (nSPS) is 25.1. The number of ketones is 1. The molecule has 0 radical (unpaired) electrons. The van der Waals surface area contributed by atoms with Crippen molar-refractivity contribution in [2.75, 3.05) is 18.0 Å². The maximum absolute atomic E-state index is 13.7. The Morgan fingerprint density at radius 2 is 1.73 bits per heavy atom. The second kappa shape index (κ2) is 7.53. The summed E-state index contributed by atoms with van der Waals surface area (Å²) in [4.78, 5) is 30.4. The number of hydrogen-bond acceptors (Lipinski definition) is 3. The number of carbonyl (C=O) groups is 2. The number of anilines is 1. The molecule has 168 valence electrons. The number of para-hydroxylation sites is 1. The van der Waals surface area contributed by atoms with Crippen molar-refractivity contribution in [3.05, 3.63) is 77.4 Å². The Labute approximate surface area is 195 Å². The van der Waals surface area contributed by atoms with Crippen LogP contribution in [0.15, 0.2) is 60.7 Å². The summed E-state index contributed by atoms with van der Waals surface area (Å²) >= 11 is 0. The molecule has 33 heavy (non-hydrogen) atoms. The van der Waals surface area contributed by atoms with Crippen LogP contribution in [-0.4, -0.2) is 35.7 Å². The molecule has 0 saturated carbocycles. The van der Waals surface area contributed by atoms with Crippen LogP contribution in [0.1, 0.15) is 55.8 Å². The van der Waals surface area contributed by atoms with Crippen LogP contribution in [0, 0.1) is 0 Å². The van der Waals surface area contributed by atoms with Gasteiger partial charge in [0, 0.05) is 37.3 Å². The maximum atomic E-state index is 13.7. The average Bonchev–Trinajstić information content (AvgIpc) is 3.29. The van der Waals surface area contributed by atoms with E-state index >= 15 is 0 Å². The first-order chi connectivity index (χ1) is 16.0. The zero-order chi connectivity index (χ0) is 22.7. The van der Waals surface area contributed by atoms with Gasteiger partial charge in [0.1, 0.15) is 5.78 Å². The van der Waals surface area contributed by atoms with E-state index in [2.05, 4.69) is 47.4 Å². The molecule has 4 nitrogen and oxygen atoms in total. The van der Waals surface area contributed by atoms with Crippen molar-refractivity contribution in [1.29, 1.82) is 0 Å². The summed E-state index contributed by atoms with van der Waals surface area (Å²) in [6, 6.07) is 22.0. The van der Waals surface area contributed by atoms with Crippen molar-refractivity contribution >= 4 is 28.2 Å². The van der Waals surface area contributed by atoms with Gasteiger partial charge in [0.2, 0.25) is 5.91 Å². The summed E-state index contributed by atoms with van der Waals surface area (Å²) in [5, 5.41) is 2.78. The lowest BCUT2D eigenvalue weighted by Gasteiger charge is -2.40. The Kier molecular flexibility index (Phi) is 4.70. The van der Waals surface area contributed by atoms with Crippen molar-refractivity contribution < 1.29 is 9.59 Å². The lowest BCUT2D eigenvalue weighted by Crippen LogP contribution is -2.50. The molecule has 3 aromatic rings. The van der Waals surface area contributed by atoms with Crippen LogP contribution < -0.4 is 4.90 Å². The predicted octanol–water partition coefficient (Wildman–Crippen LogP) is 5.19. The quantitative estimate of drug-likeness (QED) is 0.563. The van der Waals surface area contributed by atoms with Crippen LogP contribution >= 0.6 is 0 Å². The van der Waals surface area contributed by atoms with E-state index < -0.39 is 5.41 Å². The minimum Gasteiger partial charge on any atom is -0.308 e. The van der Waals surface area contributed by atoms with E-state index in [9.17, 15) is 9.59 Å². The van der Waals surface area contributed by atoms with Gasteiger partial charge in [-0.1, -0.05) is 54.6 Å². The van der Waals surface area contributed by atoms with Gasteiger partial charge in [0.05, 0.1) is 5.41 Å². The van der Waals surface area contributed by atoms with E-state index in [0.717, 1.165) is 43.6 Å². The predicted molar refractivity (Wildman–Crippen MR) is 132 cm³/mol. The highest BCUT2D eigenvalue weighted by Gasteiger charge is 2.50. The number of benzene rings is 3. The molecule has 0 aromatic heterocycles. The van der Waals surface area contributed by atoms with Crippen molar-refractivity contribution in [2.24, 2.45) is 0 Å². The first kappa shape index (κ1) is 20.6. The monoisotopic (exact) mass is 438 g/mol. The Morgan fingerprint density at radius 1 is 1.00 bits per heavy atom. The van der Waals surface area contributed by atoms with E-state index in [0.29, 0.717) is 6.04 Å². The third-order valence-corrected chi connectivity index (χ3v) is 8.15. The maximum Gasteiger partial charge on any atom is 0.238 e. The van der Waals surface area contributed by atoms with Gasteiger partial charge in [-0.25, -0.2) is 0 Å². The topological polar surface area (TPSA) is 40.6 Å². The van der Waals surface area contributed by atoms with Gasteiger partial charge >= 0.3 is 0 Å². The lowest BCUT2D eigenvalue weighted by molar-refractivity contribution is -0.127. The van der Waals surface area contributed by atoms with E-state index in [-0.39, 0.29) is 24.2 Å². The van der Waals surface area contributed by atoms with Gasteiger partial charge in [0.15, 0.2) is 0 Å². The summed E-state index contributed by atoms with van der Waals surface area (Å²) in [5.74, 6) is 0.155. The largest absolute Gasteiger partial charge is 0.308 e. The molecule has 3 aromatic carbocycles. The smallest absolute Gasteiger partial charge is 0.238 e. The van der Waals surface area contributed by atoms with Gasteiger partial charge in [-0.15, -0.1) is 0 Å². The van der Waals surface area contributed by atoms with Crippen LogP contribution in [-0.2, 0) is 21.4 Å². The molecule has 1 amide bonds. The summed E-state index contributed by atoms with van der Waals surface area (Å²) in [6.45, 7) is 5.49. The van der Waals surface area contributed by atoms with Crippen molar-refractivity contribution in [3.8, 4) is 0 Å². The molecule has 1 aliphatic carbocycles. The average molecular weight is 439 g/mol. The third-order valence-electron chi connectivity index (χ3n) is 8.15. The number of piperidine rings is 1. The highest BCUT2D eigenvalue weighted by molar-refractivity contribution is 6.10. The Balaban J connectivity index is 1.24. The Bertz CT molecular complexity index is 1270. The zero-order valence-electron chi connectivity index (χ0n) is 19.4.